The molecule has 1 aromatic rings. The van der Waals surface area contributed by atoms with E-state index in [1.165, 1.54) is 11.4 Å². The summed E-state index contributed by atoms with van der Waals surface area (Å²) in [5.41, 5.74) is 1.61. The first-order valence-electron chi connectivity index (χ1n) is 8.55. The Balaban J connectivity index is 2.08. The van der Waals surface area contributed by atoms with E-state index in [9.17, 15) is 13.2 Å². The molecule has 0 spiro atoms. The van der Waals surface area contributed by atoms with Gasteiger partial charge >= 0.3 is 5.97 Å². The standard InChI is InChI=1S/C18H25NO4S/c1-12-8-9-13(2)17(10-12)24(21,22)19-15-7-5-4-6-14(15)11-16(19)18(20)23-3/h8-10,14-16H,4-7,11H2,1-3H3. The number of rotatable bonds is 3. The van der Waals surface area contributed by atoms with Crippen molar-refractivity contribution in [2.75, 3.05) is 7.11 Å². The van der Waals surface area contributed by atoms with E-state index in [1.807, 2.05) is 19.1 Å². The number of aryl methyl sites for hydroxylation is 2. The second-order valence-corrected chi connectivity index (χ2v) is 8.80. The number of esters is 1. The summed E-state index contributed by atoms with van der Waals surface area (Å²) in [5.74, 6) is -0.193. The summed E-state index contributed by atoms with van der Waals surface area (Å²) in [6, 6.07) is 4.64. The molecule has 0 amide bonds. The molecule has 0 bridgehead atoms. The summed E-state index contributed by atoms with van der Waals surface area (Å²) in [5, 5.41) is 0. The maximum absolute atomic E-state index is 13.4. The Labute approximate surface area is 144 Å². The van der Waals surface area contributed by atoms with Crippen LogP contribution in [0.15, 0.2) is 23.1 Å². The Bertz CT molecular complexity index is 743. The van der Waals surface area contributed by atoms with E-state index in [0.717, 1.165) is 31.2 Å². The van der Waals surface area contributed by atoms with Crippen LogP contribution in [0.2, 0.25) is 0 Å². The maximum Gasteiger partial charge on any atom is 0.324 e. The second kappa shape index (κ2) is 6.48. The van der Waals surface area contributed by atoms with Crippen molar-refractivity contribution in [2.45, 2.75) is 62.9 Å². The number of benzene rings is 1. The van der Waals surface area contributed by atoms with Crippen molar-refractivity contribution in [1.82, 2.24) is 4.31 Å². The van der Waals surface area contributed by atoms with Crippen molar-refractivity contribution in [3.63, 3.8) is 0 Å². The first-order valence-corrected chi connectivity index (χ1v) is 9.99. The van der Waals surface area contributed by atoms with E-state index in [1.54, 1.807) is 13.0 Å². The van der Waals surface area contributed by atoms with Gasteiger partial charge < -0.3 is 4.74 Å². The molecule has 0 N–H and O–H groups in total. The minimum Gasteiger partial charge on any atom is -0.468 e. The highest BCUT2D eigenvalue weighted by Crippen LogP contribution is 2.43. The van der Waals surface area contributed by atoms with Crippen LogP contribution in [-0.2, 0) is 19.6 Å². The van der Waals surface area contributed by atoms with Gasteiger partial charge in [0.2, 0.25) is 10.0 Å². The molecule has 0 aromatic heterocycles. The van der Waals surface area contributed by atoms with Crippen LogP contribution in [0.3, 0.4) is 0 Å². The highest BCUT2D eigenvalue weighted by molar-refractivity contribution is 7.89. The van der Waals surface area contributed by atoms with Crippen LogP contribution >= 0.6 is 0 Å². The molecule has 1 aliphatic carbocycles. The first-order chi connectivity index (χ1) is 11.4. The number of sulfonamides is 1. The lowest BCUT2D eigenvalue weighted by molar-refractivity contribution is -0.144. The Hall–Kier alpha value is -1.40. The van der Waals surface area contributed by atoms with Crippen molar-refractivity contribution in [2.24, 2.45) is 5.92 Å². The van der Waals surface area contributed by atoms with Crippen molar-refractivity contribution in [1.29, 1.82) is 0 Å². The summed E-state index contributed by atoms with van der Waals surface area (Å²) >= 11 is 0. The van der Waals surface area contributed by atoms with Gasteiger partial charge in [0.05, 0.1) is 12.0 Å². The molecule has 3 unspecified atom stereocenters. The maximum atomic E-state index is 13.4. The highest BCUT2D eigenvalue weighted by Gasteiger charge is 2.51. The number of fused-ring (bicyclic) bond motifs is 1. The SMILES string of the molecule is COC(=O)C1CC2CCCCC2N1S(=O)(=O)c1cc(C)ccc1C. The predicted molar refractivity (Wildman–Crippen MR) is 91.1 cm³/mol. The zero-order valence-corrected chi connectivity index (χ0v) is 15.3. The largest absolute Gasteiger partial charge is 0.468 e. The highest BCUT2D eigenvalue weighted by atomic mass is 32.2. The van der Waals surface area contributed by atoms with Gasteiger partial charge in [-0.05, 0) is 56.2 Å². The third kappa shape index (κ3) is 2.86. The van der Waals surface area contributed by atoms with Crippen LogP contribution in [-0.4, -0.2) is 37.9 Å². The Morgan fingerprint density at radius 2 is 1.92 bits per heavy atom. The number of carbonyl (C=O) groups is 1. The molecule has 132 valence electrons. The van der Waals surface area contributed by atoms with Gasteiger partial charge in [-0.2, -0.15) is 4.31 Å². The summed E-state index contributed by atoms with van der Waals surface area (Å²) in [6.07, 6.45) is 4.49. The van der Waals surface area contributed by atoms with Crippen molar-refractivity contribution < 1.29 is 17.9 Å². The van der Waals surface area contributed by atoms with E-state index in [2.05, 4.69) is 0 Å². The number of hydrogen-bond donors (Lipinski definition) is 0. The minimum absolute atomic E-state index is 0.0900. The monoisotopic (exact) mass is 351 g/mol. The number of methoxy groups -OCH3 is 1. The third-order valence-corrected chi connectivity index (χ3v) is 7.48. The fourth-order valence-electron chi connectivity index (χ4n) is 4.20. The molecule has 5 nitrogen and oxygen atoms in total. The van der Waals surface area contributed by atoms with Gasteiger partial charge in [-0.3, -0.25) is 4.79 Å². The van der Waals surface area contributed by atoms with Crippen LogP contribution < -0.4 is 0 Å². The molecule has 1 aromatic carbocycles. The molecule has 2 aliphatic rings. The molecular formula is C18H25NO4S. The van der Waals surface area contributed by atoms with Gasteiger partial charge in [0.15, 0.2) is 0 Å². The molecule has 2 fully saturated rings. The molecular weight excluding hydrogens is 326 g/mol. The predicted octanol–water partition coefficient (Wildman–Crippen LogP) is 2.80. The van der Waals surface area contributed by atoms with Gasteiger partial charge in [0, 0.05) is 6.04 Å². The topological polar surface area (TPSA) is 63.7 Å². The molecule has 0 radical (unpaired) electrons. The fraction of sp³-hybridized carbons (Fsp3) is 0.611. The number of carbonyl (C=O) groups excluding carboxylic acids is 1. The smallest absolute Gasteiger partial charge is 0.324 e. The third-order valence-electron chi connectivity index (χ3n) is 5.40. The van der Waals surface area contributed by atoms with Gasteiger partial charge in [0.1, 0.15) is 6.04 Å². The molecule has 3 rings (SSSR count). The average molecular weight is 351 g/mol. The molecule has 6 heteroatoms. The van der Waals surface area contributed by atoms with Gasteiger partial charge in [-0.25, -0.2) is 8.42 Å². The molecule has 24 heavy (non-hydrogen) atoms. The zero-order valence-electron chi connectivity index (χ0n) is 14.5. The van der Waals surface area contributed by atoms with Crippen LogP contribution in [0.5, 0.6) is 0 Å². The van der Waals surface area contributed by atoms with E-state index in [0.29, 0.717) is 16.9 Å². The van der Waals surface area contributed by atoms with Crippen molar-refractivity contribution in [3.8, 4) is 0 Å². The first kappa shape index (κ1) is 17.4. The fourth-order valence-corrected chi connectivity index (χ4v) is 6.38. The van der Waals surface area contributed by atoms with Crippen LogP contribution in [0.25, 0.3) is 0 Å². The Kier molecular flexibility index (Phi) is 4.71. The number of nitrogens with zero attached hydrogens (tertiary/aromatic N) is 1. The van der Waals surface area contributed by atoms with Crippen LogP contribution in [0.4, 0.5) is 0 Å². The van der Waals surface area contributed by atoms with Gasteiger partial charge in [-0.15, -0.1) is 0 Å². The summed E-state index contributed by atoms with van der Waals surface area (Å²) < 4.78 is 33.2. The average Bonchev–Trinajstić information content (AvgIpc) is 2.96. The van der Waals surface area contributed by atoms with E-state index >= 15 is 0 Å². The van der Waals surface area contributed by atoms with E-state index in [-0.39, 0.29) is 12.0 Å². The number of hydrogen-bond acceptors (Lipinski definition) is 4. The minimum atomic E-state index is -3.73. The molecule has 3 atom stereocenters. The van der Waals surface area contributed by atoms with Crippen LogP contribution in [0.1, 0.15) is 43.2 Å². The molecule has 1 heterocycles. The molecule has 1 saturated carbocycles. The summed E-state index contributed by atoms with van der Waals surface area (Å²) in [6.45, 7) is 3.68. The van der Waals surface area contributed by atoms with E-state index in [4.69, 9.17) is 4.74 Å². The molecule has 1 saturated heterocycles. The normalized spacial score (nSPS) is 27.7. The van der Waals surface area contributed by atoms with Gasteiger partial charge in [-0.1, -0.05) is 25.0 Å². The lowest BCUT2D eigenvalue weighted by atomic mass is 9.85. The summed E-state index contributed by atoms with van der Waals surface area (Å²) in [7, 11) is -2.41. The van der Waals surface area contributed by atoms with Gasteiger partial charge in [0.25, 0.3) is 0 Å². The lowest BCUT2D eigenvalue weighted by Crippen LogP contribution is -2.46. The van der Waals surface area contributed by atoms with E-state index < -0.39 is 22.0 Å². The Morgan fingerprint density at radius 3 is 2.62 bits per heavy atom. The van der Waals surface area contributed by atoms with Crippen molar-refractivity contribution in [3.05, 3.63) is 29.3 Å². The number of ether oxygens (including phenoxy) is 1. The zero-order chi connectivity index (χ0) is 17.5. The van der Waals surface area contributed by atoms with Crippen molar-refractivity contribution >= 4 is 16.0 Å². The second-order valence-electron chi connectivity index (χ2n) is 6.99. The quantitative estimate of drug-likeness (QED) is 0.786. The summed E-state index contributed by atoms with van der Waals surface area (Å²) in [4.78, 5) is 12.6. The lowest BCUT2D eigenvalue weighted by Gasteiger charge is -2.32. The molecule has 1 aliphatic heterocycles. The Morgan fingerprint density at radius 1 is 1.21 bits per heavy atom. The van der Waals surface area contributed by atoms with Crippen LogP contribution in [0, 0.1) is 19.8 Å².